The van der Waals surface area contributed by atoms with Gasteiger partial charge in [-0.1, -0.05) is 52.3 Å². The largest absolute Gasteiger partial charge is 0.480 e. The molecule has 2 rings (SSSR count). The Balaban J connectivity index is 2.13. The topological polar surface area (TPSA) is 166 Å². The van der Waals surface area contributed by atoms with Crippen molar-refractivity contribution in [3.05, 3.63) is 36.0 Å². The molecule has 0 aliphatic rings. The van der Waals surface area contributed by atoms with Crippen molar-refractivity contribution in [1.82, 2.24) is 20.9 Å². The number of para-hydroxylation sites is 1. The third-order valence-electron chi connectivity index (χ3n) is 6.81. The van der Waals surface area contributed by atoms with Crippen LogP contribution in [0, 0.1) is 11.8 Å². The fourth-order valence-electron chi connectivity index (χ4n) is 4.33. The Labute approximate surface area is 234 Å². The highest BCUT2D eigenvalue weighted by atomic mass is 32.2. The van der Waals surface area contributed by atoms with Crippen LogP contribution in [0.5, 0.6) is 0 Å². The molecular weight excluding hydrogens is 518 g/mol. The molecule has 2 aromatic rings. The number of H-pyrrole nitrogens is 1. The van der Waals surface area contributed by atoms with Gasteiger partial charge < -0.3 is 31.8 Å². The van der Waals surface area contributed by atoms with Gasteiger partial charge in [-0.2, -0.15) is 11.8 Å². The molecule has 1 aromatic heterocycles. The Morgan fingerprint density at radius 2 is 1.64 bits per heavy atom. The summed E-state index contributed by atoms with van der Waals surface area (Å²) < 4.78 is 0. The average molecular weight is 562 g/mol. The first-order valence-corrected chi connectivity index (χ1v) is 14.8. The van der Waals surface area contributed by atoms with E-state index >= 15 is 0 Å². The van der Waals surface area contributed by atoms with Crippen LogP contribution >= 0.6 is 11.8 Å². The van der Waals surface area contributed by atoms with Crippen LogP contribution in [0.2, 0.25) is 0 Å². The van der Waals surface area contributed by atoms with Gasteiger partial charge in [0, 0.05) is 17.1 Å². The number of carboxylic acids is 1. The number of rotatable bonds is 16. The highest BCUT2D eigenvalue weighted by molar-refractivity contribution is 7.98. The summed E-state index contributed by atoms with van der Waals surface area (Å²) in [7, 11) is 0. The predicted octanol–water partition coefficient (Wildman–Crippen LogP) is 2.42. The van der Waals surface area contributed by atoms with Gasteiger partial charge in [-0.25, -0.2) is 4.79 Å². The maximum absolute atomic E-state index is 13.3. The minimum Gasteiger partial charge on any atom is -0.480 e. The van der Waals surface area contributed by atoms with E-state index < -0.39 is 47.9 Å². The Morgan fingerprint density at radius 1 is 1.00 bits per heavy atom. The van der Waals surface area contributed by atoms with Gasteiger partial charge in [-0.3, -0.25) is 14.4 Å². The maximum atomic E-state index is 13.3. The van der Waals surface area contributed by atoms with Crippen molar-refractivity contribution in [3.63, 3.8) is 0 Å². The van der Waals surface area contributed by atoms with Crippen LogP contribution in [0.4, 0.5) is 0 Å². The minimum absolute atomic E-state index is 0.0526. The van der Waals surface area contributed by atoms with Gasteiger partial charge in [0.1, 0.15) is 18.1 Å². The number of aromatic nitrogens is 1. The lowest BCUT2D eigenvalue weighted by molar-refractivity contribution is -0.144. The van der Waals surface area contributed by atoms with Crippen molar-refractivity contribution < 1.29 is 24.3 Å². The first-order chi connectivity index (χ1) is 18.5. The second-order valence-electron chi connectivity index (χ2n) is 10.4. The minimum atomic E-state index is -1.12. The van der Waals surface area contributed by atoms with Crippen molar-refractivity contribution >= 4 is 46.4 Å². The van der Waals surface area contributed by atoms with E-state index in [0.717, 1.165) is 16.5 Å². The zero-order chi connectivity index (χ0) is 29.1. The summed E-state index contributed by atoms with van der Waals surface area (Å²) in [6.07, 6.45) is 5.24. The van der Waals surface area contributed by atoms with Crippen molar-refractivity contribution in [2.24, 2.45) is 17.6 Å². The number of aliphatic carboxylic acids is 1. The van der Waals surface area contributed by atoms with E-state index in [2.05, 4.69) is 20.9 Å². The molecule has 0 radical (unpaired) electrons. The number of nitrogens with one attached hydrogen (secondary N) is 4. The highest BCUT2D eigenvalue weighted by Gasteiger charge is 2.32. The molecule has 5 atom stereocenters. The summed E-state index contributed by atoms with van der Waals surface area (Å²) >= 11 is 1.53. The highest BCUT2D eigenvalue weighted by Crippen LogP contribution is 2.19. The molecule has 0 aliphatic heterocycles. The summed E-state index contributed by atoms with van der Waals surface area (Å²) in [6, 6.07) is 3.94. The Kier molecular flexibility index (Phi) is 12.8. The van der Waals surface area contributed by atoms with E-state index in [0.29, 0.717) is 25.0 Å². The maximum Gasteiger partial charge on any atom is 0.326 e. The van der Waals surface area contributed by atoms with E-state index in [1.807, 2.05) is 57.5 Å². The first kappa shape index (κ1) is 32.2. The van der Waals surface area contributed by atoms with E-state index in [1.165, 1.54) is 11.8 Å². The van der Waals surface area contributed by atoms with E-state index in [9.17, 15) is 24.3 Å². The third kappa shape index (κ3) is 9.58. The zero-order valence-corrected chi connectivity index (χ0v) is 24.3. The zero-order valence-electron chi connectivity index (χ0n) is 23.5. The number of thioether (sulfide) groups is 1. The number of carbonyl (C=O) groups excluding carboxylic acids is 3. The Morgan fingerprint density at radius 3 is 2.26 bits per heavy atom. The van der Waals surface area contributed by atoms with E-state index in [1.54, 1.807) is 6.92 Å². The predicted molar refractivity (Wildman–Crippen MR) is 155 cm³/mol. The van der Waals surface area contributed by atoms with Gasteiger partial charge in [-0.15, -0.1) is 0 Å². The third-order valence-corrected chi connectivity index (χ3v) is 7.46. The fourth-order valence-corrected chi connectivity index (χ4v) is 4.80. The molecule has 7 N–H and O–H groups in total. The van der Waals surface area contributed by atoms with Crippen LogP contribution in [0.15, 0.2) is 30.5 Å². The molecule has 11 heteroatoms. The molecule has 0 saturated carbocycles. The molecule has 3 amide bonds. The van der Waals surface area contributed by atoms with E-state index in [4.69, 9.17) is 5.73 Å². The SMILES string of the molecule is CCC(C)C(NC(=O)C(CC(C)C)NC(=O)C(CCSC)NC(=O)C(N)Cc1c[nH]c2ccccc12)C(=O)O. The quantitative estimate of drug-likeness (QED) is 0.183. The number of carboxylic acid groups (broad SMARTS) is 1. The second-order valence-corrected chi connectivity index (χ2v) is 11.4. The standard InChI is InChI=1S/C28H43N5O5S/c1-6-17(4)24(28(37)38)33-27(36)23(13-16(2)3)32-26(35)22(11-12-39-5)31-25(34)20(29)14-18-15-30-21-10-8-7-9-19(18)21/h7-10,15-17,20,22-24,30H,6,11-14,29H2,1-5H3,(H,31,34)(H,32,35)(H,33,36)(H,37,38). The number of benzene rings is 1. The van der Waals surface area contributed by atoms with Gasteiger partial charge in [0.25, 0.3) is 0 Å². The van der Waals surface area contributed by atoms with Crippen molar-refractivity contribution in [3.8, 4) is 0 Å². The molecule has 1 aromatic carbocycles. The lowest BCUT2D eigenvalue weighted by Gasteiger charge is -2.27. The molecule has 10 nitrogen and oxygen atoms in total. The molecule has 216 valence electrons. The summed E-state index contributed by atoms with van der Waals surface area (Å²) in [5.74, 6) is -2.28. The first-order valence-electron chi connectivity index (χ1n) is 13.4. The smallest absolute Gasteiger partial charge is 0.326 e. The molecule has 0 bridgehead atoms. The van der Waals surface area contributed by atoms with Crippen molar-refractivity contribution in [2.75, 3.05) is 12.0 Å². The molecule has 0 fully saturated rings. The van der Waals surface area contributed by atoms with Gasteiger partial charge in [-0.05, 0) is 54.7 Å². The van der Waals surface area contributed by atoms with Gasteiger partial charge >= 0.3 is 5.97 Å². The van der Waals surface area contributed by atoms with Crippen LogP contribution in [0.3, 0.4) is 0 Å². The summed E-state index contributed by atoms with van der Waals surface area (Å²) in [5.41, 5.74) is 8.09. The lowest BCUT2D eigenvalue weighted by Crippen LogP contribution is -2.58. The summed E-state index contributed by atoms with van der Waals surface area (Å²) in [6.45, 7) is 7.42. The number of carbonyl (C=O) groups is 4. The van der Waals surface area contributed by atoms with Crippen LogP contribution in [0.25, 0.3) is 10.9 Å². The Hall–Kier alpha value is -3.05. The number of aromatic amines is 1. The molecule has 1 heterocycles. The Bertz CT molecular complexity index is 1120. The van der Waals surface area contributed by atoms with Crippen molar-refractivity contribution in [2.45, 2.75) is 77.5 Å². The van der Waals surface area contributed by atoms with Gasteiger partial charge in [0.2, 0.25) is 17.7 Å². The fraction of sp³-hybridized carbons (Fsp3) is 0.571. The normalized spacial score (nSPS) is 15.3. The second kappa shape index (κ2) is 15.5. The van der Waals surface area contributed by atoms with E-state index in [-0.39, 0.29) is 18.3 Å². The van der Waals surface area contributed by atoms with Crippen LogP contribution in [-0.2, 0) is 25.6 Å². The molecule has 0 spiro atoms. The van der Waals surface area contributed by atoms with Crippen molar-refractivity contribution in [1.29, 1.82) is 0 Å². The molecule has 0 aliphatic carbocycles. The monoisotopic (exact) mass is 561 g/mol. The summed E-state index contributed by atoms with van der Waals surface area (Å²) in [5, 5.41) is 18.7. The molecule has 5 unspecified atom stereocenters. The van der Waals surface area contributed by atoms with Gasteiger partial charge in [0.15, 0.2) is 0 Å². The molecular formula is C28H43N5O5S. The van der Waals surface area contributed by atoms with Gasteiger partial charge in [0.05, 0.1) is 6.04 Å². The number of amides is 3. The average Bonchev–Trinajstić information content (AvgIpc) is 3.30. The number of fused-ring (bicyclic) bond motifs is 1. The van der Waals surface area contributed by atoms with Crippen LogP contribution in [0.1, 0.15) is 52.5 Å². The molecule has 0 saturated heterocycles. The summed E-state index contributed by atoms with van der Waals surface area (Å²) in [4.78, 5) is 54.4. The van der Waals surface area contributed by atoms with Crippen LogP contribution in [-0.4, -0.2) is 70.0 Å². The lowest BCUT2D eigenvalue weighted by atomic mass is 9.97. The number of nitrogens with two attached hydrogens (primary N) is 1. The number of hydrogen-bond acceptors (Lipinski definition) is 6. The molecule has 39 heavy (non-hydrogen) atoms. The number of hydrogen-bond donors (Lipinski definition) is 6. The van der Waals surface area contributed by atoms with Crippen LogP contribution < -0.4 is 21.7 Å².